The molecule has 0 saturated heterocycles. The molecule has 5 nitrogen and oxygen atoms in total. The fourth-order valence-electron chi connectivity index (χ4n) is 2.39. The predicted octanol–water partition coefficient (Wildman–Crippen LogP) is 3.74. The zero-order valence-electron chi connectivity index (χ0n) is 15.0. The molecule has 2 rings (SSSR count). The van der Waals surface area contributed by atoms with E-state index in [1.807, 2.05) is 42.5 Å². The van der Waals surface area contributed by atoms with Crippen molar-refractivity contribution in [2.24, 2.45) is 10.7 Å². The van der Waals surface area contributed by atoms with Crippen LogP contribution in [-0.2, 0) is 11.2 Å². The average molecular weight is 338 g/mol. The number of carbonyl (C=O) groups is 1. The van der Waals surface area contributed by atoms with Crippen LogP contribution in [0.2, 0.25) is 0 Å². The van der Waals surface area contributed by atoms with Crippen LogP contribution in [0, 0.1) is 0 Å². The first-order chi connectivity index (χ1) is 12.0. The standard InChI is InChI=1S/C20H26N4O/c1-4-15-7-5-9-17(11-15)23-19(25)13-22-20(21)24-18-10-6-8-16(12-18)14(2)3/h5-12,14H,4,13H2,1-3H3,(H,23,25)(H3,21,22,24). The van der Waals surface area contributed by atoms with Crippen LogP contribution in [0.4, 0.5) is 11.4 Å². The van der Waals surface area contributed by atoms with Crippen LogP contribution >= 0.6 is 0 Å². The van der Waals surface area contributed by atoms with E-state index >= 15 is 0 Å². The van der Waals surface area contributed by atoms with Gasteiger partial charge in [-0.1, -0.05) is 45.0 Å². The first-order valence-corrected chi connectivity index (χ1v) is 8.53. The van der Waals surface area contributed by atoms with Gasteiger partial charge in [-0.15, -0.1) is 0 Å². The van der Waals surface area contributed by atoms with Gasteiger partial charge in [0.2, 0.25) is 5.91 Å². The largest absolute Gasteiger partial charge is 0.370 e. The van der Waals surface area contributed by atoms with Gasteiger partial charge in [0.15, 0.2) is 5.96 Å². The van der Waals surface area contributed by atoms with Crippen molar-refractivity contribution >= 4 is 23.2 Å². The van der Waals surface area contributed by atoms with Crippen molar-refractivity contribution in [3.8, 4) is 0 Å². The van der Waals surface area contributed by atoms with Crippen LogP contribution in [0.1, 0.15) is 37.8 Å². The molecule has 25 heavy (non-hydrogen) atoms. The van der Waals surface area contributed by atoms with E-state index in [0.717, 1.165) is 17.8 Å². The van der Waals surface area contributed by atoms with Crippen molar-refractivity contribution in [3.63, 3.8) is 0 Å². The van der Waals surface area contributed by atoms with Gasteiger partial charge in [-0.2, -0.15) is 0 Å². The molecule has 0 bridgehead atoms. The molecule has 0 radical (unpaired) electrons. The molecule has 2 aromatic carbocycles. The van der Waals surface area contributed by atoms with E-state index in [4.69, 9.17) is 5.73 Å². The first kappa shape index (κ1) is 18.5. The van der Waals surface area contributed by atoms with Crippen LogP contribution < -0.4 is 16.4 Å². The number of aryl methyl sites for hydroxylation is 1. The molecule has 1 amide bonds. The lowest BCUT2D eigenvalue weighted by molar-refractivity contribution is -0.114. The molecule has 0 unspecified atom stereocenters. The molecule has 0 fully saturated rings. The summed E-state index contributed by atoms with van der Waals surface area (Å²) in [5, 5.41) is 5.85. The van der Waals surface area contributed by atoms with E-state index in [2.05, 4.69) is 42.5 Å². The Balaban J connectivity index is 1.91. The second-order valence-corrected chi connectivity index (χ2v) is 6.21. The SMILES string of the molecule is CCc1cccc(NC(=O)CN=C(N)Nc2cccc(C(C)C)c2)c1. The van der Waals surface area contributed by atoms with Crippen molar-refractivity contribution < 1.29 is 4.79 Å². The first-order valence-electron chi connectivity index (χ1n) is 8.53. The topological polar surface area (TPSA) is 79.5 Å². The molecule has 0 aliphatic heterocycles. The van der Waals surface area contributed by atoms with Gasteiger partial charge in [-0.05, 0) is 47.7 Å². The molecule has 0 spiro atoms. The highest BCUT2D eigenvalue weighted by atomic mass is 16.1. The molecule has 0 heterocycles. The maximum atomic E-state index is 12.0. The maximum absolute atomic E-state index is 12.0. The number of amides is 1. The van der Waals surface area contributed by atoms with Crippen LogP contribution in [0.5, 0.6) is 0 Å². The summed E-state index contributed by atoms with van der Waals surface area (Å²) in [6.45, 7) is 6.31. The van der Waals surface area contributed by atoms with E-state index in [1.165, 1.54) is 11.1 Å². The molecule has 0 saturated carbocycles. The van der Waals surface area contributed by atoms with E-state index in [-0.39, 0.29) is 18.4 Å². The van der Waals surface area contributed by atoms with Gasteiger partial charge in [-0.3, -0.25) is 4.79 Å². The quantitative estimate of drug-likeness (QED) is 0.554. The third-order valence-corrected chi connectivity index (χ3v) is 3.84. The van der Waals surface area contributed by atoms with Crippen molar-refractivity contribution in [1.82, 2.24) is 0 Å². The number of rotatable bonds is 6. The molecule has 132 valence electrons. The number of hydrogen-bond donors (Lipinski definition) is 3. The van der Waals surface area contributed by atoms with Crippen LogP contribution in [0.25, 0.3) is 0 Å². The van der Waals surface area contributed by atoms with E-state index in [1.54, 1.807) is 0 Å². The molecule has 0 aliphatic carbocycles. The monoisotopic (exact) mass is 338 g/mol. The number of guanidine groups is 1. The van der Waals surface area contributed by atoms with Gasteiger partial charge in [-0.25, -0.2) is 4.99 Å². The lowest BCUT2D eigenvalue weighted by Crippen LogP contribution is -2.25. The zero-order valence-corrected chi connectivity index (χ0v) is 15.0. The minimum atomic E-state index is -0.200. The number of nitrogens with one attached hydrogen (secondary N) is 2. The third kappa shape index (κ3) is 5.95. The third-order valence-electron chi connectivity index (χ3n) is 3.84. The lowest BCUT2D eigenvalue weighted by atomic mass is 10.0. The van der Waals surface area contributed by atoms with Crippen molar-refractivity contribution in [1.29, 1.82) is 0 Å². The Bertz CT molecular complexity index is 753. The molecular formula is C20H26N4O. The van der Waals surface area contributed by atoms with Crippen LogP contribution in [0.15, 0.2) is 53.5 Å². The highest BCUT2D eigenvalue weighted by molar-refractivity contribution is 5.97. The van der Waals surface area contributed by atoms with Gasteiger partial charge in [0.05, 0.1) is 0 Å². The lowest BCUT2D eigenvalue weighted by Gasteiger charge is -2.10. The number of nitrogens with two attached hydrogens (primary N) is 1. The molecule has 0 atom stereocenters. The number of hydrogen-bond acceptors (Lipinski definition) is 2. The van der Waals surface area contributed by atoms with Crippen molar-refractivity contribution in [3.05, 3.63) is 59.7 Å². The molecule has 5 heteroatoms. The highest BCUT2D eigenvalue weighted by Crippen LogP contribution is 2.18. The second kappa shape index (κ2) is 8.87. The van der Waals surface area contributed by atoms with Gasteiger partial charge < -0.3 is 16.4 Å². The summed E-state index contributed by atoms with van der Waals surface area (Å²) in [5.41, 5.74) is 9.90. The Morgan fingerprint density at radius 2 is 1.76 bits per heavy atom. The summed E-state index contributed by atoms with van der Waals surface area (Å²) < 4.78 is 0. The van der Waals surface area contributed by atoms with Crippen LogP contribution in [0.3, 0.4) is 0 Å². The van der Waals surface area contributed by atoms with Gasteiger partial charge in [0.1, 0.15) is 6.54 Å². The summed E-state index contributed by atoms with van der Waals surface area (Å²) in [6.07, 6.45) is 0.925. The fraction of sp³-hybridized carbons (Fsp3) is 0.300. The number of benzene rings is 2. The maximum Gasteiger partial charge on any atom is 0.246 e. The summed E-state index contributed by atoms with van der Waals surface area (Å²) >= 11 is 0. The number of anilines is 2. The number of aliphatic imine (C=N–C) groups is 1. The van der Waals surface area contributed by atoms with Gasteiger partial charge in [0, 0.05) is 11.4 Å². The van der Waals surface area contributed by atoms with Crippen LogP contribution in [-0.4, -0.2) is 18.4 Å². The summed E-state index contributed by atoms with van der Waals surface area (Å²) in [4.78, 5) is 16.1. The van der Waals surface area contributed by atoms with E-state index in [0.29, 0.717) is 5.92 Å². The normalized spacial score (nSPS) is 11.4. The zero-order chi connectivity index (χ0) is 18.2. The highest BCUT2D eigenvalue weighted by Gasteiger charge is 2.04. The minimum absolute atomic E-state index is 0.0287. The molecule has 0 aliphatic rings. The van der Waals surface area contributed by atoms with Crippen molar-refractivity contribution in [2.75, 3.05) is 17.2 Å². The Hall–Kier alpha value is -2.82. The molecular weight excluding hydrogens is 312 g/mol. The van der Waals surface area contributed by atoms with Gasteiger partial charge >= 0.3 is 0 Å². The smallest absolute Gasteiger partial charge is 0.246 e. The summed E-state index contributed by atoms with van der Waals surface area (Å²) in [5.74, 6) is 0.455. The minimum Gasteiger partial charge on any atom is -0.370 e. The second-order valence-electron chi connectivity index (χ2n) is 6.21. The fourth-order valence-corrected chi connectivity index (χ4v) is 2.39. The Morgan fingerprint density at radius 3 is 2.44 bits per heavy atom. The summed E-state index contributed by atoms with van der Waals surface area (Å²) in [6, 6.07) is 15.8. The van der Waals surface area contributed by atoms with E-state index < -0.39 is 0 Å². The van der Waals surface area contributed by atoms with E-state index in [9.17, 15) is 4.79 Å². The Kier molecular flexibility index (Phi) is 6.57. The summed E-state index contributed by atoms with van der Waals surface area (Å²) in [7, 11) is 0. The Morgan fingerprint density at radius 1 is 1.08 bits per heavy atom. The molecule has 4 N–H and O–H groups in total. The molecule has 2 aromatic rings. The van der Waals surface area contributed by atoms with Gasteiger partial charge in [0.25, 0.3) is 0 Å². The Labute approximate surface area is 149 Å². The average Bonchev–Trinajstić information content (AvgIpc) is 2.60. The van der Waals surface area contributed by atoms with Crippen molar-refractivity contribution in [2.45, 2.75) is 33.1 Å². The molecule has 0 aromatic heterocycles. The predicted molar refractivity (Wildman–Crippen MR) is 105 cm³/mol. The number of carbonyl (C=O) groups excluding carboxylic acids is 1. The number of nitrogens with zero attached hydrogens (tertiary/aromatic N) is 1.